The van der Waals surface area contributed by atoms with Gasteiger partial charge in [-0.1, -0.05) is 63.3 Å². The number of fused-ring (bicyclic) bond motifs is 1. The van der Waals surface area contributed by atoms with Crippen LogP contribution in [0.4, 0.5) is 0 Å². The first-order valence-electron chi connectivity index (χ1n) is 11.3. The molecule has 1 nitrogen and oxygen atoms in total. The average molecular weight is 403 g/mol. The van der Waals surface area contributed by atoms with Crippen molar-refractivity contribution in [1.29, 1.82) is 0 Å². The Morgan fingerprint density at radius 3 is 2.38 bits per heavy atom. The molecule has 29 heavy (non-hydrogen) atoms. The molecule has 0 bridgehead atoms. The van der Waals surface area contributed by atoms with Gasteiger partial charge in [0, 0.05) is 19.7 Å². The van der Waals surface area contributed by atoms with E-state index in [2.05, 4.69) is 94.1 Å². The fourth-order valence-electron chi connectivity index (χ4n) is 4.97. The van der Waals surface area contributed by atoms with E-state index in [0.29, 0.717) is 5.92 Å². The Bertz CT molecular complexity index is 1040. The Labute approximate surface area is 177 Å². The molecule has 0 amide bonds. The third kappa shape index (κ3) is 4.05. The highest BCUT2D eigenvalue weighted by Crippen LogP contribution is 2.39. The minimum Gasteiger partial charge on any atom is -0.200 e. The van der Waals surface area contributed by atoms with Crippen molar-refractivity contribution < 1.29 is 4.57 Å². The van der Waals surface area contributed by atoms with Gasteiger partial charge in [-0.25, -0.2) is 4.57 Å². The zero-order valence-electron chi connectivity index (χ0n) is 19.0. The lowest BCUT2D eigenvalue weighted by atomic mass is 9.90. The summed E-state index contributed by atoms with van der Waals surface area (Å²) in [7, 11) is 1.27. The predicted octanol–water partition coefficient (Wildman–Crippen LogP) is 7.35. The zero-order valence-corrected chi connectivity index (χ0v) is 20.0. The molecule has 0 N–H and O–H groups in total. The van der Waals surface area contributed by atoms with Gasteiger partial charge in [-0.2, -0.15) is 0 Å². The second-order valence-corrected chi connectivity index (χ2v) is 15.6. The molecule has 0 aliphatic carbocycles. The van der Waals surface area contributed by atoms with Crippen LogP contribution in [-0.2, 0) is 7.05 Å². The Morgan fingerprint density at radius 1 is 0.966 bits per heavy atom. The van der Waals surface area contributed by atoms with Crippen LogP contribution < -0.4 is 4.57 Å². The number of nitrogens with zero attached hydrogens (tertiary/aromatic N) is 1. The number of hydrogen-bond acceptors (Lipinski definition) is 0. The first-order chi connectivity index (χ1) is 13.7. The van der Waals surface area contributed by atoms with Crippen LogP contribution in [-0.4, -0.2) is 8.07 Å². The topological polar surface area (TPSA) is 3.88 Å². The summed E-state index contributed by atoms with van der Waals surface area (Å²) < 4.78 is 2.29. The highest BCUT2D eigenvalue weighted by Gasteiger charge is 2.29. The lowest BCUT2D eigenvalue weighted by Gasteiger charge is -2.33. The molecule has 2 aromatic carbocycles. The summed E-state index contributed by atoms with van der Waals surface area (Å²) in [5.41, 5.74) is 7.01. The van der Waals surface area contributed by atoms with E-state index in [-0.39, 0.29) is 0 Å². The Morgan fingerprint density at radius 2 is 1.69 bits per heavy atom. The second-order valence-electron chi connectivity index (χ2n) is 10.3. The third-order valence-corrected chi connectivity index (χ3v) is 10.4. The molecule has 2 heterocycles. The molecule has 0 saturated carbocycles. The van der Waals surface area contributed by atoms with Gasteiger partial charge in [-0.15, -0.1) is 0 Å². The van der Waals surface area contributed by atoms with Crippen molar-refractivity contribution in [2.45, 2.75) is 70.6 Å². The minimum absolute atomic E-state index is 0.542. The number of aryl methyl sites for hydroxylation is 2. The highest BCUT2D eigenvalue weighted by atomic mass is 28.3. The van der Waals surface area contributed by atoms with E-state index in [1.165, 1.54) is 58.1 Å². The summed E-state index contributed by atoms with van der Waals surface area (Å²) in [6, 6.07) is 19.5. The molecule has 1 aromatic heterocycles. The summed E-state index contributed by atoms with van der Waals surface area (Å²) in [6.07, 6.45) is 5.00. The van der Waals surface area contributed by atoms with Gasteiger partial charge in [0.05, 0.1) is 5.39 Å². The largest absolute Gasteiger partial charge is 0.220 e. The number of hydrogen-bond donors (Lipinski definition) is 0. The van der Waals surface area contributed by atoms with E-state index in [0.717, 1.165) is 5.92 Å². The molecular formula is C27H36NSi+. The van der Waals surface area contributed by atoms with Crippen molar-refractivity contribution >= 4 is 18.8 Å². The van der Waals surface area contributed by atoms with Crippen molar-refractivity contribution in [3.05, 3.63) is 65.4 Å². The van der Waals surface area contributed by atoms with Crippen LogP contribution in [0.15, 0.2) is 48.7 Å². The molecule has 1 aliphatic rings. The highest BCUT2D eigenvalue weighted by molar-refractivity contribution is 6.77. The summed E-state index contributed by atoms with van der Waals surface area (Å²) in [5.74, 6) is 1.30. The van der Waals surface area contributed by atoms with Gasteiger partial charge in [0.15, 0.2) is 6.20 Å². The lowest BCUT2D eigenvalue weighted by molar-refractivity contribution is -0.659. The molecule has 152 valence electrons. The summed E-state index contributed by atoms with van der Waals surface area (Å²) in [5, 5.41) is 2.75. The quantitative estimate of drug-likeness (QED) is 0.318. The first-order valence-corrected chi connectivity index (χ1v) is 14.7. The molecule has 4 rings (SSSR count). The maximum Gasteiger partial charge on any atom is 0.220 e. The van der Waals surface area contributed by atoms with Gasteiger partial charge >= 0.3 is 0 Å². The molecule has 1 aliphatic heterocycles. The van der Waals surface area contributed by atoms with Crippen molar-refractivity contribution in [1.82, 2.24) is 0 Å². The normalized spacial score (nSPS) is 17.2. The summed E-state index contributed by atoms with van der Waals surface area (Å²) >= 11 is 0. The fraction of sp³-hybridized carbons (Fsp3) is 0.444. The molecule has 0 unspecified atom stereocenters. The SMILES string of the molecule is Cc1ccc(C(C)C)cc1-c1c2ccc(C3CC[Si](C)(C)CC3)cc2cc[n+]1C. The van der Waals surface area contributed by atoms with Gasteiger partial charge in [0.25, 0.3) is 0 Å². The molecule has 0 radical (unpaired) electrons. The van der Waals surface area contributed by atoms with E-state index in [1.54, 1.807) is 5.56 Å². The number of benzene rings is 2. The van der Waals surface area contributed by atoms with Crippen LogP contribution in [0.1, 0.15) is 55.2 Å². The van der Waals surface area contributed by atoms with Crippen molar-refractivity contribution in [2.24, 2.45) is 7.05 Å². The molecular weight excluding hydrogens is 366 g/mol. The van der Waals surface area contributed by atoms with E-state index in [1.807, 2.05) is 0 Å². The van der Waals surface area contributed by atoms with Crippen LogP contribution in [0.25, 0.3) is 22.0 Å². The number of pyridine rings is 1. The van der Waals surface area contributed by atoms with Crippen molar-refractivity contribution in [2.75, 3.05) is 0 Å². The van der Waals surface area contributed by atoms with E-state index < -0.39 is 8.07 Å². The molecule has 1 saturated heterocycles. The number of rotatable bonds is 3. The van der Waals surface area contributed by atoms with Gasteiger partial charge in [0.2, 0.25) is 5.69 Å². The van der Waals surface area contributed by atoms with Gasteiger partial charge in [0.1, 0.15) is 7.05 Å². The third-order valence-electron chi connectivity index (χ3n) is 7.16. The average Bonchev–Trinajstić information content (AvgIpc) is 2.68. The summed E-state index contributed by atoms with van der Waals surface area (Å²) in [4.78, 5) is 0. The van der Waals surface area contributed by atoms with Crippen LogP contribution in [0.5, 0.6) is 0 Å². The van der Waals surface area contributed by atoms with Crippen LogP contribution in [0.2, 0.25) is 25.2 Å². The predicted molar refractivity (Wildman–Crippen MR) is 128 cm³/mol. The van der Waals surface area contributed by atoms with E-state index in [4.69, 9.17) is 0 Å². The lowest BCUT2D eigenvalue weighted by Crippen LogP contribution is -2.31. The van der Waals surface area contributed by atoms with Gasteiger partial charge in [-0.05, 0) is 65.8 Å². The van der Waals surface area contributed by atoms with Gasteiger partial charge in [-0.3, -0.25) is 0 Å². The van der Waals surface area contributed by atoms with Crippen LogP contribution >= 0.6 is 0 Å². The molecule has 0 atom stereocenters. The smallest absolute Gasteiger partial charge is 0.200 e. The fourth-order valence-corrected chi connectivity index (χ4v) is 7.48. The van der Waals surface area contributed by atoms with Crippen molar-refractivity contribution in [3.63, 3.8) is 0 Å². The molecule has 1 fully saturated rings. The van der Waals surface area contributed by atoms with Crippen molar-refractivity contribution in [3.8, 4) is 11.3 Å². The van der Waals surface area contributed by atoms with Crippen LogP contribution in [0, 0.1) is 6.92 Å². The molecule has 0 spiro atoms. The molecule has 2 heteroatoms. The maximum atomic E-state index is 2.56. The standard InChI is InChI=1S/C27H36NSi/c1-19(2)22-8-7-20(3)26(18-22)27-25-10-9-23(17-24(25)11-14-28(27)4)21-12-15-29(5,6)16-13-21/h7-11,14,17-19,21H,12-13,15-16H2,1-6H3/q+1. The maximum absolute atomic E-state index is 2.56. The Kier molecular flexibility index (Phi) is 5.41. The van der Waals surface area contributed by atoms with E-state index >= 15 is 0 Å². The Hall–Kier alpha value is -1.93. The van der Waals surface area contributed by atoms with E-state index in [9.17, 15) is 0 Å². The van der Waals surface area contributed by atoms with Crippen LogP contribution in [0.3, 0.4) is 0 Å². The second kappa shape index (κ2) is 7.72. The zero-order chi connectivity index (χ0) is 20.8. The Balaban J connectivity index is 1.79. The first kappa shape index (κ1) is 20.3. The summed E-state index contributed by atoms with van der Waals surface area (Å²) in [6.45, 7) is 11.9. The number of aromatic nitrogens is 1. The molecule has 3 aromatic rings. The monoisotopic (exact) mass is 402 g/mol. The van der Waals surface area contributed by atoms with Gasteiger partial charge < -0.3 is 0 Å². The minimum atomic E-state index is -0.904.